The minimum atomic E-state index is -0.521. The van der Waals surface area contributed by atoms with E-state index in [0.717, 1.165) is 11.1 Å². The van der Waals surface area contributed by atoms with Crippen LogP contribution in [0.15, 0.2) is 66.1 Å². The van der Waals surface area contributed by atoms with Crippen LogP contribution in [-0.4, -0.2) is 34.5 Å². The van der Waals surface area contributed by atoms with Crippen LogP contribution in [0.4, 0.5) is 5.95 Å². The number of carbonyl (C=O) groups excluding carboxylic acids is 1. The number of carbonyl (C=O) groups is 1. The lowest BCUT2D eigenvalue weighted by Crippen LogP contribution is -2.29. The molecule has 8 heteroatoms. The molecule has 0 saturated carbocycles. The Balaban J connectivity index is 1.71. The molecule has 0 fully saturated rings. The van der Waals surface area contributed by atoms with Crippen molar-refractivity contribution in [3.8, 4) is 11.5 Å². The van der Waals surface area contributed by atoms with E-state index in [1.165, 1.54) is 6.33 Å². The highest BCUT2D eigenvalue weighted by Gasteiger charge is 2.35. The molecule has 1 unspecified atom stereocenters. The van der Waals surface area contributed by atoms with Gasteiger partial charge >= 0.3 is 5.97 Å². The SMILES string of the molecule is CCOc1cc(C2C(C(=O)OCc3ccccc3)=C(C)Nc3ncnn32)ccc1OC. The molecular formula is C23H24N4O4. The van der Waals surface area contributed by atoms with Crippen LogP contribution in [0.5, 0.6) is 11.5 Å². The fourth-order valence-electron chi connectivity index (χ4n) is 3.60. The second-order valence-electron chi connectivity index (χ2n) is 7.00. The van der Waals surface area contributed by atoms with E-state index >= 15 is 0 Å². The van der Waals surface area contributed by atoms with Crippen LogP contribution in [0, 0.1) is 0 Å². The van der Waals surface area contributed by atoms with Crippen molar-refractivity contribution in [1.29, 1.82) is 0 Å². The van der Waals surface area contributed by atoms with Gasteiger partial charge in [-0.15, -0.1) is 0 Å². The number of hydrogen-bond acceptors (Lipinski definition) is 7. The maximum atomic E-state index is 13.2. The number of esters is 1. The molecule has 2 heterocycles. The van der Waals surface area contributed by atoms with Gasteiger partial charge in [-0.05, 0) is 37.1 Å². The van der Waals surface area contributed by atoms with Crippen molar-refractivity contribution in [2.24, 2.45) is 0 Å². The van der Waals surface area contributed by atoms with Crippen LogP contribution < -0.4 is 14.8 Å². The number of allylic oxidation sites excluding steroid dienone is 1. The van der Waals surface area contributed by atoms with Gasteiger partial charge in [0, 0.05) is 5.70 Å². The Kier molecular flexibility index (Phi) is 5.88. The Bertz CT molecular complexity index is 1110. The molecule has 1 aromatic heterocycles. The third kappa shape index (κ3) is 4.09. The lowest BCUT2D eigenvalue weighted by molar-refractivity contribution is -0.140. The molecule has 160 valence electrons. The van der Waals surface area contributed by atoms with Crippen molar-refractivity contribution in [2.75, 3.05) is 19.0 Å². The monoisotopic (exact) mass is 420 g/mol. The van der Waals surface area contributed by atoms with Crippen LogP contribution >= 0.6 is 0 Å². The minimum Gasteiger partial charge on any atom is -0.493 e. The molecule has 31 heavy (non-hydrogen) atoms. The van der Waals surface area contributed by atoms with E-state index in [2.05, 4.69) is 15.4 Å². The van der Waals surface area contributed by atoms with Gasteiger partial charge in [0.25, 0.3) is 0 Å². The van der Waals surface area contributed by atoms with E-state index in [1.54, 1.807) is 11.8 Å². The number of methoxy groups -OCH3 is 1. The maximum Gasteiger partial charge on any atom is 0.338 e. The Hall–Kier alpha value is -3.81. The Morgan fingerprint density at radius 2 is 1.97 bits per heavy atom. The van der Waals surface area contributed by atoms with E-state index in [-0.39, 0.29) is 6.61 Å². The number of ether oxygens (including phenoxy) is 3. The van der Waals surface area contributed by atoms with Gasteiger partial charge in [0.2, 0.25) is 5.95 Å². The fraction of sp³-hybridized carbons (Fsp3) is 0.261. The highest BCUT2D eigenvalue weighted by Crippen LogP contribution is 2.38. The quantitative estimate of drug-likeness (QED) is 0.583. The normalized spacial score (nSPS) is 15.1. The number of nitrogens with one attached hydrogen (secondary N) is 1. The first-order valence-corrected chi connectivity index (χ1v) is 10.0. The summed E-state index contributed by atoms with van der Waals surface area (Å²) < 4.78 is 18.5. The number of aromatic nitrogens is 3. The first-order chi connectivity index (χ1) is 15.1. The number of fused-ring (bicyclic) bond motifs is 1. The van der Waals surface area contributed by atoms with Gasteiger partial charge in [0.05, 0.1) is 19.3 Å². The summed E-state index contributed by atoms with van der Waals surface area (Å²) in [5.41, 5.74) is 2.85. The third-order valence-corrected chi connectivity index (χ3v) is 5.03. The summed E-state index contributed by atoms with van der Waals surface area (Å²) in [6.45, 7) is 4.40. The van der Waals surface area contributed by atoms with Gasteiger partial charge in [-0.1, -0.05) is 36.4 Å². The number of rotatable bonds is 7. The van der Waals surface area contributed by atoms with Crippen LogP contribution in [0.3, 0.4) is 0 Å². The topological polar surface area (TPSA) is 87.5 Å². The van der Waals surface area contributed by atoms with Crippen molar-refractivity contribution in [3.05, 3.63) is 77.3 Å². The van der Waals surface area contributed by atoms with Crippen LogP contribution in [0.2, 0.25) is 0 Å². The minimum absolute atomic E-state index is 0.181. The molecule has 0 amide bonds. The molecule has 0 aliphatic carbocycles. The molecule has 0 bridgehead atoms. The van der Waals surface area contributed by atoms with E-state index in [0.29, 0.717) is 35.3 Å². The van der Waals surface area contributed by atoms with Gasteiger partial charge in [0.15, 0.2) is 11.5 Å². The highest BCUT2D eigenvalue weighted by atomic mass is 16.5. The zero-order valence-electron chi connectivity index (χ0n) is 17.7. The molecule has 1 aliphatic rings. The number of anilines is 1. The average Bonchev–Trinajstić information content (AvgIpc) is 3.25. The molecule has 0 saturated heterocycles. The number of nitrogens with zero attached hydrogens (tertiary/aromatic N) is 3. The summed E-state index contributed by atoms with van der Waals surface area (Å²) in [4.78, 5) is 17.5. The summed E-state index contributed by atoms with van der Waals surface area (Å²) in [6, 6.07) is 14.6. The number of benzene rings is 2. The van der Waals surface area contributed by atoms with Crippen LogP contribution in [0.25, 0.3) is 0 Å². The average molecular weight is 420 g/mol. The second kappa shape index (κ2) is 8.91. The van der Waals surface area contributed by atoms with Gasteiger partial charge in [-0.2, -0.15) is 10.1 Å². The summed E-state index contributed by atoms with van der Waals surface area (Å²) >= 11 is 0. The van der Waals surface area contributed by atoms with Crippen LogP contribution in [0.1, 0.15) is 31.0 Å². The lowest BCUT2D eigenvalue weighted by Gasteiger charge is -2.28. The second-order valence-corrected chi connectivity index (χ2v) is 7.00. The lowest BCUT2D eigenvalue weighted by atomic mass is 9.95. The molecule has 1 atom stereocenters. The number of hydrogen-bond donors (Lipinski definition) is 1. The summed E-state index contributed by atoms with van der Waals surface area (Å²) in [5.74, 6) is 1.34. The van der Waals surface area contributed by atoms with Gasteiger partial charge in [-0.3, -0.25) is 0 Å². The predicted molar refractivity (Wildman–Crippen MR) is 115 cm³/mol. The summed E-state index contributed by atoms with van der Waals surface area (Å²) in [5, 5.41) is 7.49. The van der Waals surface area contributed by atoms with Crippen molar-refractivity contribution in [3.63, 3.8) is 0 Å². The van der Waals surface area contributed by atoms with Crippen molar-refractivity contribution < 1.29 is 19.0 Å². The third-order valence-electron chi connectivity index (χ3n) is 5.03. The largest absolute Gasteiger partial charge is 0.493 e. The van der Waals surface area contributed by atoms with Gasteiger partial charge < -0.3 is 19.5 Å². The van der Waals surface area contributed by atoms with Crippen molar-refractivity contribution >= 4 is 11.9 Å². The molecule has 3 aromatic rings. The molecule has 8 nitrogen and oxygen atoms in total. The van der Waals surface area contributed by atoms with Crippen LogP contribution in [-0.2, 0) is 16.1 Å². The zero-order valence-corrected chi connectivity index (χ0v) is 17.7. The molecule has 1 N–H and O–H groups in total. The Morgan fingerprint density at radius 3 is 2.71 bits per heavy atom. The molecule has 0 radical (unpaired) electrons. The van der Waals surface area contributed by atoms with Crippen molar-refractivity contribution in [1.82, 2.24) is 14.8 Å². The molecule has 0 spiro atoms. The van der Waals surface area contributed by atoms with E-state index in [9.17, 15) is 4.79 Å². The van der Waals surface area contributed by atoms with E-state index < -0.39 is 12.0 Å². The smallest absolute Gasteiger partial charge is 0.338 e. The van der Waals surface area contributed by atoms with Gasteiger partial charge in [-0.25, -0.2) is 9.48 Å². The summed E-state index contributed by atoms with van der Waals surface area (Å²) in [7, 11) is 1.59. The highest BCUT2D eigenvalue weighted by molar-refractivity contribution is 5.92. The Morgan fingerprint density at radius 1 is 1.16 bits per heavy atom. The maximum absolute atomic E-state index is 13.2. The molecule has 1 aliphatic heterocycles. The van der Waals surface area contributed by atoms with Crippen molar-refractivity contribution in [2.45, 2.75) is 26.5 Å². The zero-order chi connectivity index (χ0) is 21.8. The van der Waals surface area contributed by atoms with Gasteiger partial charge in [0.1, 0.15) is 19.0 Å². The first-order valence-electron chi connectivity index (χ1n) is 10.0. The van der Waals surface area contributed by atoms with E-state index in [1.807, 2.05) is 62.4 Å². The Labute approximate surface area is 180 Å². The molecule has 4 rings (SSSR count). The molecule has 2 aromatic carbocycles. The fourth-order valence-corrected chi connectivity index (χ4v) is 3.60. The standard InChI is InChI=1S/C23H24N4O4/c1-4-30-19-12-17(10-11-18(19)29-3)21-20(15(2)26-23-24-14-25-27(21)23)22(28)31-13-16-8-6-5-7-9-16/h5-12,14,21H,4,13H2,1-3H3,(H,24,25,26). The first kappa shape index (κ1) is 20.5. The summed E-state index contributed by atoms with van der Waals surface area (Å²) in [6.07, 6.45) is 1.45. The predicted octanol–water partition coefficient (Wildman–Crippen LogP) is 3.72. The molecular weight excluding hydrogens is 396 g/mol. The van der Waals surface area contributed by atoms with E-state index in [4.69, 9.17) is 14.2 Å².